The fraction of sp³-hybridized carbons (Fsp3) is 0.429. The predicted octanol–water partition coefficient (Wildman–Crippen LogP) is 1.53. The van der Waals surface area contributed by atoms with Crippen LogP contribution in [0.3, 0.4) is 0 Å². The Labute approximate surface area is 107 Å². The number of hydrogen-bond donors (Lipinski definition) is 2. The van der Waals surface area contributed by atoms with Gasteiger partial charge in [0.25, 0.3) is 0 Å². The number of primary amides is 2. The number of aryl methyl sites for hydroxylation is 2. The lowest BCUT2D eigenvalue weighted by Gasteiger charge is -2.16. The zero-order valence-corrected chi connectivity index (χ0v) is 10.9. The molecule has 0 heterocycles. The molecule has 0 fully saturated rings. The molecular weight excluding hydrogens is 228 g/mol. The molecule has 0 radical (unpaired) electrons. The molecule has 98 valence electrons. The van der Waals surface area contributed by atoms with E-state index in [-0.39, 0.29) is 24.2 Å². The topological polar surface area (TPSA) is 86.2 Å². The number of carbonyl (C=O) groups excluding carboxylic acids is 2. The Hall–Kier alpha value is -1.84. The van der Waals surface area contributed by atoms with Gasteiger partial charge in [0.05, 0.1) is 5.92 Å². The van der Waals surface area contributed by atoms with Crippen molar-refractivity contribution < 1.29 is 9.59 Å². The summed E-state index contributed by atoms with van der Waals surface area (Å²) in [4.78, 5) is 22.3. The molecule has 18 heavy (non-hydrogen) atoms. The average Bonchev–Trinajstić information content (AvgIpc) is 2.27. The molecule has 0 aromatic heterocycles. The molecule has 0 aliphatic rings. The quantitative estimate of drug-likeness (QED) is 0.799. The van der Waals surface area contributed by atoms with Crippen LogP contribution in [0.4, 0.5) is 0 Å². The monoisotopic (exact) mass is 248 g/mol. The van der Waals surface area contributed by atoms with Crippen molar-refractivity contribution in [2.45, 2.75) is 39.0 Å². The molecule has 0 saturated heterocycles. The van der Waals surface area contributed by atoms with Crippen molar-refractivity contribution in [1.82, 2.24) is 0 Å². The lowest BCUT2D eigenvalue weighted by Crippen LogP contribution is -2.23. The van der Waals surface area contributed by atoms with E-state index in [2.05, 4.69) is 0 Å². The first-order valence-electron chi connectivity index (χ1n) is 6.06. The highest BCUT2D eigenvalue weighted by atomic mass is 16.1. The largest absolute Gasteiger partial charge is 0.370 e. The van der Waals surface area contributed by atoms with Crippen LogP contribution >= 0.6 is 0 Å². The van der Waals surface area contributed by atoms with Crippen LogP contribution in [0.5, 0.6) is 0 Å². The van der Waals surface area contributed by atoms with Crippen molar-refractivity contribution in [2.75, 3.05) is 0 Å². The molecule has 2 amide bonds. The molecule has 1 unspecified atom stereocenters. The van der Waals surface area contributed by atoms with Crippen LogP contribution in [0, 0.1) is 13.8 Å². The first-order valence-corrected chi connectivity index (χ1v) is 6.06. The number of hydrogen-bond acceptors (Lipinski definition) is 2. The van der Waals surface area contributed by atoms with Crippen LogP contribution in [0.15, 0.2) is 18.2 Å². The maximum atomic E-state index is 11.5. The standard InChI is InChI=1S/C14H20N2O2/c1-9-6-7-10(2)12(8-9)11(14(16)18)4-3-5-13(15)17/h6-8,11H,3-5H2,1-2H3,(H2,15,17)(H2,16,18). The molecule has 1 aromatic rings. The van der Waals surface area contributed by atoms with Gasteiger partial charge in [-0.1, -0.05) is 23.8 Å². The molecule has 0 spiro atoms. The summed E-state index contributed by atoms with van der Waals surface area (Å²) in [5.41, 5.74) is 13.6. The summed E-state index contributed by atoms with van der Waals surface area (Å²) >= 11 is 0. The lowest BCUT2D eigenvalue weighted by atomic mass is 9.88. The molecular formula is C14H20N2O2. The second kappa shape index (κ2) is 6.19. The van der Waals surface area contributed by atoms with Crippen LogP contribution in [0.1, 0.15) is 41.9 Å². The zero-order chi connectivity index (χ0) is 13.7. The van der Waals surface area contributed by atoms with E-state index in [4.69, 9.17) is 11.5 Å². The highest BCUT2D eigenvalue weighted by molar-refractivity contribution is 5.82. The Balaban J connectivity index is 2.87. The predicted molar refractivity (Wildman–Crippen MR) is 70.9 cm³/mol. The minimum absolute atomic E-state index is 0.286. The van der Waals surface area contributed by atoms with Gasteiger partial charge in [-0.05, 0) is 37.8 Å². The number of amides is 2. The maximum absolute atomic E-state index is 11.5. The van der Waals surface area contributed by atoms with Gasteiger partial charge in [-0.25, -0.2) is 0 Å². The highest BCUT2D eigenvalue weighted by Gasteiger charge is 2.19. The van der Waals surface area contributed by atoms with Crippen LogP contribution < -0.4 is 11.5 Å². The minimum Gasteiger partial charge on any atom is -0.370 e. The van der Waals surface area contributed by atoms with E-state index < -0.39 is 0 Å². The maximum Gasteiger partial charge on any atom is 0.224 e. The third-order valence-electron chi connectivity index (χ3n) is 3.07. The van der Waals surface area contributed by atoms with Crippen molar-refractivity contribution in [3.05, 3.63) is 34.9 Å². The number of rotatable bonds is 6. The summed E-state index contributed by atoms with van der Waals surface area (Å²) in [7, 11) is 0. The summed E-state index contributed by atoms with van der Waals surface area (Å²) in [6.07, 6.45) is 1.42. The van der Waals surface area contributed by atoms with Gasteiger partial charge in [-0.3, -0.25) is 9.59 Å². The molecule has 0 saturated carbocycles. The molecule has 0 bridgehead atoms. The van der Waals surface area contributed by atoms with Gasteiger partial charge in [0.2, 0.25) is 11.8 Å². The van der Waals surface area contributed by atoms with Gasteiger partial charge >= 0.3 is 0 Å². The highest BCUT2D eigenvalue weighted by Crippen LogP contribution is 2.25. The van der Waals surface area contributed by atoms with E-state index in [1.54, 1.807) is 0 Å². The van der Waals surface area contributed by atoms with Gasteiger partial charge in [-0.15, -0.1) is 0 Å². The second-order valence-electron chi connectivity index (χ2n) is 4.67. The SMILES string of the molecule is Cc1ccc(C)c(C(CCCC(N)=O)C(N)=O)c1. The summed E-state index contributed by atoms with van der Waals surface area (Å²) in [6.45, 7) is 3.93. The summed E-state index contributed by atoms with van der Waals surface area (Å²) in [6, 6.07) is 5.96. The Morgan fingerprint density at radius 2 is 1.89 bits per heavy atom. The van der Waals surface area contributed by atoms with Crippen LogP contribution in [-0.4, -0.2) is 11.8 Å². The van der Waals surface area contributed by atoms with E-state index in [1.165, 1.54) is 0 Å². The van der Waals surface area contributed by atoms with Crippen molar-refractivity contribution in [3.63, 3.8) is 0 Å². The van der Waals surface area contributed by atoms with E-state index in [9.17, 15) is 9.59 Å². The third-order valence-corrected chi connectivity index (χ3v) is 3.07. The molecule has 4 heteroatoms. The Bertz CT molecular complexity index is 455. The zero-order valence-electron chi connectivity index (χ0n) is 10.9. The summed E-state index contributed by atoms with van der Waals surface area (Å²) < 4.78 is 0. The summed E-state index contributed by atoms with van der Waals surface area (Å²) in [5.74, 6) is -1.04. The molecule has 4 nitrogen and oxygen atoms in total. The van der Waals surface area contributed by atoms with E-state index in [0.29, 0.717) is 12.8 Å². The first-order chi connectivity index (χ1) is 8.41. The van der Waals surface area contributed by atoms with Crippen molar-refractivity contribution in [3.8, 4) is 0 Å². The van der Waals surface area contributed by atoms with Gasteiger partial charge in [-0.2, -0.15) is 0 Å². The Morgan fingerprint density at radius 3 is 2.44 bits per heavy atom. The number of nitrogens with two attached hydrogens (primary N) is 2. The summed E-state index contributed by atoms with van der Waals surface area (Å²) in [5, 5.41) is 0. The normalized spacial score (nSPS) is 12.1. The fourth-order valence-electron chi connectivity index (χ4n) is 2.07. The van der Waals surface area contributed by atoms with E-state index >= 15 is 0 Å². The third kappa shape index (κ3) is 3.87. The number of benzene rings is 1. The van der Waals surface area contributed by atoms with Crippen LogP contribution in [0.2, 0.25) is 0 Å². The Kier molecular flexibility index (Phi) is 4.89. The molecule has 1 atom stereocenters. The molecule has 1 rings (SSSR count). The van der Waals surface area contributed by atoms with E-state index in [1.807, 2.05) is 32.0 Å². The molecule has 4 N–H and O–H groups in total. The van der Waals surface area contributed by atoms with Gasteiger partial charge in [0, 0.05) is 6.42 Å². The molecule has 0 aliphatic heterocycles. The van der Waals surface area contributed by atoms with E-state index in [0.717, 1.165) is 16.7 Å². The Morgan fingerprint density at radius 1 is 1.22 bits per heavy atom. The van der Waals surface area contributed by atoms with Gasteiger partial charge < -0.3 is 11.5 Å². The molecule has 0 aliphatic carbocycles. The fourth-order valence-corrected chi connectivity index (χ4v) is 2.07. The lowest BCUT2D eigenvalue weighted by molar-refractivity contribution is -0.120. The smallest absolute Gasteiger partial charge is 0.224 e. The van der Waals surface area contributed by atoms with Crippen molar-refractivity contribution in [2.24, 2.45) is 11.5 Å². The van der Waals surface area contributed by atoms with Gasteiger partial charge in [0.1, 0.15) is 0 Å². The average molecular weight is 248 g/mol. The molecule has 1 aromatic carbocycles. The minimum atomic E-state index is -0.354. The van der Waals surface area contributed by atoms with Crippen LogP contribution in [0.25, 0.3) is 0 Å². The first kappa shape index (κ1) is 14.2. The van der Waals surface area contributed by atoms with Crippen LogP contribution in [-0.2, 0) is 9.59 Å². The van der Waals surface area contributed by atoms with Crippen molar-refractivity contribution >= 4 is 11.8 Å². The van der Waals surface area contributed by atoms with Crippen molar-refractivity contribution in [1.29, 1.82) is 0 Å². The van der Waals surface area contributed by atoms with Gasteiger partial charge in [0.15, 0.2) is 0 Å². The number of carbonyl (C=O) groups is 2. The second-order valence-corrected chi connectivity index (χ2v) is 4.67.